The van der Waals surface area contributed by atoms with Crippen molar-refractivity contribution in [1.82, 2.24) is 4.57 Å². The SMILES string of the molecule is O=C(Cl)OCCn1c2ccccc2c(=O)c2ccccc21. The quantitative estimate of drug-likeness (QED) is 0.549. The number of para-hydroxylation sites is 2. The van der Waals surface area contributed by atoms with Crippen LogP contribution < -0.4 is 5.43 Å². The van der Waals surface area contributed by atoms with Crippen LogP contribution in [0, 0.1) is 0 Å². The Hall–Kier alpha value is -2.33. The summed E-state index contributed by atoms with van der Waals surface area (Å²) in [5.74, 6) is 0. The maximum atomic E-state index is 12.5. The fraction of sp³-hybridized carbons (Fsp3) is 0.125. The summed E-state index contributed by atoms with van der Waals surface area (Å²) in [6, 6.07) is 14.8. The number of hydrogen-bond donors (Lipinski definition) is 0. The summed E-state index contributed by atoms with van der Waals surface area (Å²) in [6.45, 7) is 0.582. The van der Waals surface area contributed by atoms with Crippen LogP contribution >= 0.6 is 11.6 Å². The molecule has 0 N–H and O–H groups in total. The van der Waals surface area contributed by atoms with Gasteiger partial charge in [-0.15, -0.1) is 0 Å². The lowest BCUT2D eigenvalue weighted by Crippen LogP contribution is -2.14. The summed E-state index contributed by atoms with van der Waals surface area (Å²) < 4.78 is 6.77. The molecule has 3 rings (SSSR count). The van der Waals surface area contributed by atoms with Crippen molar-refractivity contribution >= 4 is 38.8 Å². The first-order valence-corrected chi connectivity index (χ1v) is 6.89. The van der Waals surface area contributed by atoms with Gasteiger partial charge in [-0.1, -0.05) is 24.3 Å². The van der Waals surface area contributed by atoms with E-state index in [1.807, 2.05) is 41.0 Å². The largest absolute Gasteiger partial charge is 0.452 e. The zero-order valence-electron chi connectivity index (χ0n) is 11.1. The van der Waals surface area contributed by atoms with Crippen LogP contribution in [-0.2, 0) is 11.3 Å². The predicted octanol–water partition coefficient (Wildman–Crippen LogP) is 3.53. The van der Waals surface area contributed by atoms with Gasteiger partial charge in [-0.25, -0.2) is 4.79 Å². The third-order valence-electron chi connectivity index (χ3n) is 3.41. The van der Waals surface area contributed by atoms with Gasteiger partial charge in [0.25, 0.3) is 0 Å². The van der Waals surface area contributed by atoms with Crippen molar-refractivity contribution in [2.75, 3.05) is 6.61 Å². The molecule has 0 unspecified atom stereocenters. The number of halogens is 1. The first-order valence-electron chi connectivity index (χ1n) is 6.51. The summed E-state index contributed by atoms with van der Waals surface area (Å²) >= 11 is 5.19. The number of fused-ring (bicyclic) bond motifs is 2. The highest BCUT2D eigenvalue weighted by molar-refractivity contribution is 6.61. The zero-order chi connectivity index (χ0) is 14.8. The molecule has 21 heavy (non-hydrogen) atoms. The molecule has 0 radical (unpaired) electrons. The van der Waals surface area contributed by atoms with E-state index in [-0.39, 0.29) is 12.0 Å². The fourth-order valence-electron chi connectivity index (χ4n) is 2.53. The van der Waals surface area contributed by atoms with Crippen molar-refractivity contribution in [3.8, 4) is 0 Å². The van der Waals surface area contributed by atoms with Gasteiger partial charge in [0.1, 0.15) is 6.61 Å². The van der Waals surface area contributed by atoms with E-state index in [1.165, 1.54) is 0 Å². The average Bonchev–Trinajstić information content (AvgIpc) is 2.50. The molecule has 4 nitrogen and oxygen atoms in total. The molecule has 0 fully saturated rings. The molecule has 0 spiro atoms. The van der Waals surface area contributed by atoms with E-state index in [2.05, 4.69) is 0 Å². The first-order chi connectivity index (χ1) is 10.2. The molecule has 0 atom stereocenters. The molecule has 0 aliphatic carbocycles. The standard InChI is InChI=1S/C16H12ClNO3/c17-16(20)21-10-9-18-13-7-3-1-5-11(13)15(19)12-6-2-4-8-14(12)18/h1-8H,9-10H2. The number of carbonyl (C=O) groups excluding carboxylic acids is 1. The highest BCUT2D eigenvalue weighted by Gasteiger charge is 2.10. The molecule has 106 valence electrons. The van der Waals surface area contributed by atoms with Crippen molar-refractivity contribution in [2.24, 2.45) is 0 Å². The summed E-state index contributed by atoms with van der Waals surface area (Å²) in [4.78, 5) is 23.2. The number of carbonyl (C=O) groups is 1. The second-order valence-corrected chi connectivity index (χ2v) is 4.91. The normalized spacial score (nSPS) is 10.9. The second-order valence-electron chi connectivity index (χ2n) is 4.60. The van der Waals surface area contributed by atoms with Gasteiger partial charge >= 0.3 is 5.43 Å². The van der Waals surface area contributed by atoms with Gasteiger partial charge in [0, 0.05) is 22.4 Å². The van der Waals surface area contributed by atoms with Crippen LogP contribution in [-0.4, -0.2) is 16.6 Å². The van der Waals surface area contributed by atoms with Crippen LogP contribution in [0.3, 0.4) is 0 Å². The second kappa shape index (κ2) is 5.58. The summed E-state index contributed by atoms with van der Waals surface area (Å²) in [7, 11) is 0. The van der Waals surface area contributed by atoms with Gasteiger partial charge in [-0.2, -0.15) is 0 Å². The summed E-state index contributed by atoms with van der Waals surface area (Å²) in [5, 5.41) is 1.29. The van der Waals surface area contributed by atoms with Gasteiger partial charge < -0.3 is 9.30 Å². The van der Waals surface area contributed by atoms with Gasteiger partial charge in [0.2, 0.25) is 0 Å². The highest BCUT2D eigenvalue weighted by Crippen LogP contribution is 2.18. The average molecular weight is 302 g/mol. The number of aromatic nitrogens is 1. The van der Waals surface area contributed by atoms with Gasteiger partial charge in [0.05, 0.1) is 17.6 Å². The van der Waals surface area contributed by atoms with Gasteiger partial charge in [-0.05, 0) is 24.3 Å². The number of hydrogen-bond acceptors (Lipinski definition) is 3. The molecular formula is C16H12ClNO3. The van der Waals surface area contributed by atoms with Crippen LogP contribution in [0.2, 0.25) is 0 Å². The monoisotopic (exact) mass is 301 g/mol. The van der Waals surface area contributed by atoms with Crippen molar-refractivity contribution < 1.29 is 9.53 Å². The molecule has 0 aliphatic rings. The van der Waals surface area contributed by atoms with Crippen LogP contribution in [0.25, 0.3) is 21.8 Å². The van der Waals surface area contributed by atoms with E-state index in [9.17, 15) is 9.59 Å². The van der Waals surface area contributed by atoms with Crippen LogP contribution in [0.1, 0.15) is 0 Å². The van der Waals surface area contributed by atoms with Gasteiger partial charge in [-0.3, -0.25) is 4.79 Å². The van der Waals surface area contributed by atoms with E-state index < -0.39 is 5.43 Å². The molecule has 1 aromatic heterocycles. The molecule has 5 heteroatoms. The maximum absolute atomic E-state index is 12.5. The number of benzene rings is 2. The van der Waals surface area contributed by atoms with Crippen LogP contribution in [0.4, 0.5) is 4.79 Å². The molecule has 3 aromatic rings. The van der Waals surface area contributed by atoms with E-state index in [0.29, 0.717) is 17.3 Å². The number of nitrogens with zero attached hydrogens (tertiary/aromatic N) is 1. The van der Waals surface area contributed by atoms with Crippen molar-refractivity contribution in [3.05, 3.63) is 58.8 Å². The van der Waals surface area contributed by atoms with E-state index in [4.69, 9.17) is 16.3 Å². The zero-order valence-corrected chi connectivity index (χ0v) is 11.8. The first kappa shape index (κ1) is 13.6. The Labute approximate surface area is 125 Å². The van der Waals surface area contributed by atoms with E-state index in [1.54, 1.807) is 12.1 Å². The molecule has 0 saturated carbocycles. The number of pyridine rings is 1. The third-order valence-corrected chi connectivity index (χ3v) is 3.52. The molecule has 0 saturated heterocycles. The van der Waals surface area contributed by atoms with Crippen LogP contribution in [0.15, 0.2) is 53.3 Å². The van der Waals surface area contributed by atoms with Crippen molar-refractivity contribution in [1.29, 1.82) is 0 Å². The fourth-order valence-corrected chi connectivity index (χ4v) is 2.61. The Morgan fingerprint density at radius 3 is 2.05 bits per heavy atom. The Morgan fingerprint density at radius 1 is 1.00 bits per heavy atom. The third kappa shape index (κ3) is 2.50. The van der Waals surface area contributed by atoms with Crippen molar-refractivity contribution in [3.63, 3.8) is 0 Å². The molecule has 0 amide bonds. The molecule has 0 bridgehead atoms. The lowest BCUT2D eigenvalue weighted by molar-refractivity contribution is 0.169. The number of ether oxygens (including phenoxy) is 1. The topological polar surface area (TPSA) is 48.3 Å². The van der Waals surface area contributed by atoms with Crippen molar-refractivity contribution in [2.45, 2.75) is 6.54 Å². The summed E-state index contributed by atoms with van der Waals surface area (Å²) in [5.41, 5.74) is 0.801. The minimum absolute atomic E-state index is 0.00629. The Balaban J connectivity index is 2.24. The Morgan fingerprint density at radius 2 is 1.52 bits per heavy atom. The number of rotatable bonds is 3. The lowest BCUT2D eigenvalue weighted by Gasteiger charge is -2.14. The maximum Gasteiger partial charge on any atom is 0.403 e. The highest BCUT2D eigenvalue weighted by atomic mass is 35.5. The van der Waals surface area contributed by atoms with E-state index in [0.717, 1.165) is 11.0 Å². The molecule has 1 heterocycles. The van der Waals surface area contributed by atoms with Gasteiger partial charge in [0.15, 0.2) is 5.43 Å². The molecule has 0 aliphatic heterocycles. The predicted molar refractivity (Wildman–Crippen MR) is 82.9 cm³/mol. The Bertz CT molecular complexity index is 825. The summed E-state index contributed by atoms with van der Waals surface area (Å²) in [6.07, 6.45) is 0. The van der Waals surface area contributed by atoms with E-state index >= 15 is 0 Å². The Kier molecular flexibility index (Phi) is 3.62. The molecule has 2 aromatic carbocycles. The minimum atomic E-state index is -0.829. The minimum Gasteiger partial charge on any atom is -0.452 e. The van der Waals surface area contributed by atoms with Crippen LogP contribution in [0.5, 0.6) is 0 Å². The molecular weight excluding hydrogens is 290 g/mol. The smallest absolute Gasteiger partial charge is 0.403 e. The lowest BCUT2D eigenvalue weighted by atomic mass is 10.1.